The fourth-order valence-corrected chi connectivity index (χ4v) is 2.10. The summed E-state index contributed by atoms with van der Waals surface area (Å²) in [6, 6.07) is 3.71. The highest BCUT2D eigenvalue weighted by atomic mass is 35.5. The van der Waals surface area contributed by atoms with Gasteiger partial charge in [-0.2, -0.15) is 13.2 Å². The molecule has 0 unspecified atom stereocenters. The molecule has 1 aromatic carbocycles. The Bertz CT molecular complexity index is 882. The van der Waals surface area contributed by atoms with Crippen molar-refractivity contribution in [1.82, 2.24) is 0 Å². The fraction of sp³-hybridized carbons (Fsp3) is 0.125. The molecular weight excluding hydrogens is 349 g/mol. The highest BCUT2D eigenvalue weighted by Crippen LogP contribution is 2.32. The molecule has 0 atom stereocenters. The molecule has 0 spiro atoms. The molecule has 2 aromatic rings. The lowest BCUT2D eigenvalue weighted by atomic mass is 10.1. The number of halogens is 4. The Kier molecular flexibility index (Phi) is 4.84. The van der Waals surface area contributed by atoms with E-state index in [9.17, 15) is 27.9 Å². The van der Waals surface area contributed by atoms with Crippen LogP contribution in [0.3, 0.4) is 0 Å². The van der Waals surface area contributed by atoms with E-state index in [2.05, 4.69) is 0 Å². The van der Waals surface area contributed by atoms with Crippen molar-refractivity contribution in [2.45, 2.75) is 13.1 Å². The van der Waals surface area contributed by atoms with Gasteiger partial charge in [0.2, 0.25) is 0 Å². The Morgan fingerprint density at radius 1 is 1.29 bits per heavy atom. The first-order chi connectivity index (χ1) is 11.1. The van der Waals surface area contributed by atoms with Crippen molar-refractivity contribution in [3.05, 3.63) is 68.2 Å². The Balaban J connectivity index is 2.38. The molecule has 1 heterocycles. The van der Waals surface area contributed by atoms with Gasteiger partial charge in [-0.1, -0.05) is 11.6 Å². The van der Waals surface area contributed by atoms with E-state index in [-0.39, 0.29) is 16.3 Å². The first-order valence-corrected chi connectivity index (χ1v) is 6.90. The Labute approximate surface area is 138 Å². The largest absolute Gasteiger partial charge is 0.507 e. The van der Waals surface area contributed by atoms with Gasteiger partial charge in [-0.05, 0) is 42.8 Å². The summed E-state index contributed by atoms with van der Waals surface area (Å²) in [5, 5.41) is 9.65. The summed E-state index contributed by atoms with van der Waals surface area (Å²) in [7, 11) is 0. The maximum atomic E-state index is 12.7. The molecule has 0 radical (unpaired) electrons. The smallest absolute Gasteiger partial charge is 0.416 e. The third-order valence-corrected chi connectivity index (χ3v) is 3.38. The van der Waals surface area contributed by atoms with Crippen LogP contribution in [0.15, 0.2) is 39.6 Å². The average molecular weight is 359 g/mol. The van der Waals surface area contributed by atoms with Crippen LogP contribution in [0.25, 0.3) is 6.08 Å². The average Bonchev–Trinajstić information content (AvgIpc) is 2.44. The summed E-state index contributed by atoms with van der Waals surface area (Å²) in [4.78, 5) is 23.6. The molecule has 0 amide bonds. The van der Waals surface area contributed by atoms with Crippen molar-refractivity contribution in [2.75, 3.05) is 0 Å². The van der Waals surface area contributed by atoms with E-state index in [0.29, 0.717) is 0 Å². The van der Waals surface area contributed by atoms with Crippen molar-refractivity contribution in [3.63, 3.8) is 0 Å². The van der Waals surface area contributed by atoms with Crippen LogP contribution in [0.4, 0.5) is 13.2 Å². The summed E-state index contributed by atoms with van der Waals surface area (Å²) in [5.41, 5.74) is -2.65. The number of benzene rings is 1. The van der Waals surface area contributed by atoms with Gasteiger partial charge in [0.15, 0.2) is 5.78 Å². The lowest BCUT2D eigenvalue weighted by molar-refractivity contribution is -0.137. The highest BCUT2D eigenvalue weighted by Gasteiger charge is 2.30. The molecule has 0 saturated heterocycles. The van der Waals surface area contributed by atoms with Crippen LogP contribution in [-0.2, 0) is 6.18 Å². The number of aromatic hydroxyl groups is 1. The number of carbonyl (C=O) groups excluding carboxylic acids is 1. The van der Waals surface area contributed by atoms with Crippen molar-refractivity contribution in [1.29, 1.82) is 0 Å². The second kappa shape index (κ2) is 6.52. The lowest BCUT2D eigenvalue weighted by Crippen LogP contribution is -2.13. The maximum absolute atomic E-state index is 12.7. The van der Waals surface area contributed by atoms with E-state index in [1.54, 1.807) is 0 Å². The summed E-state index contributed by atoms with van der Waals surface area (Å²) in [6.07, 6.45) is -2.70. The van der Waals surface area contributed by atoms with Crippen LogP contribution < -0.4 is 5.63 Å². The van der Waals surface area contributed by atoms with Crippen LogP contribution in [-0.4, -0.2) is 10.9 Å². The van der Waals surface area contributed by atoms with Gasteiger partial charge in [-0.15, -0.1) is 0 Å². The molecule has 0 aliphatic heterocycles. The normalized spacial score (nSPS) is 11.9. The van der Waals surface area contributed by atoms with Crippen molar-refractivity contribution in [2.24, 2.45) is 0 Å². The molecule has 1 N–H and O–H groups in total. The molecule has 0 aliphatic rings. The van der Waals surface area contributed by atoms with E-state index in [1.165, 1.54) is 6.92 Å². The predicted molar refractivity (Wildman–Crippen MR) is 81.2 cm³/mol. The van der Waals surface area contributed by atoms with Crippen LogP contribution in [0.1, 0.15) is 27.2 Å². The van der Waals surface area contributed by atoms with Gasteiger partial charge in [0.25, 0.3) is 0 Å². The molecule has 0 aliphatic carbocycles. The van der Waals surface area contributed by atoms with Gasteiger partial charge >= 0.3 is 11.8 Å². The number of rotatable bonds is 3. The zero-order valence-electron chi connectivity index (χ0n) is 12.1. The molecule has 8 heteroatoms. The van der Waals surface area contributed by atoms with E-state index < -0.39 is 34.5 Å². The number of allylic oxidation sites excluding steroid dienone is 1. The number of hydrogen-bond acceptors (Lipinski definition) is 4. The Morgan fingerprint density at radius 3 is 2.54 bits per heavy atom. The monoisotopic (exact) mass is 358 g/mol. The summed E-state index contributed by atoms with van der Waals surface area (Å²) in [6.45, 7) is 1.41. The van der Waals surface area contributed by atoms with Gasteiger partial charge < -0.3 is 9.52 Å². The number of carbonyl (C=O) groups is 1. The van der Waals surface area contributed by atoms with E-state index in [4.69, 9.17) is 16.0 Å². The van der Waals surface area contributed by atoms with Crippen LogP contribution >= 0.6 is 11.6 Å². The topological polar surface area (TPSA) is 67.5 Å². The molecule has 24 heavy (non-hydrogen) atoms. The van der Waals surface area contributed by atoms with Crippen molar-refractivity contribution >= 4 is 23.5 Å². The molecular formula is C16H10ClF3O4. The van der Waals surface area contributed by atoms with Crippen LogP contribution in [0.5, 0.6) is 5.75 Å². The van der Waals surface area contributed by atoms with Gasteiger partial charge in [-0.25, -0.2) is 4.79 Å². The van der Waals surface area contributed by atoms with Crippen LogP contribution in [0, 0.1) is 6.92 Å². The second-order valence-corrected chi connectivity index (χ2v) is 5.24. The van der Waals surface area contributed by atoms with E-state index in [0.717, 1.165) is 36.4 Å². The van der Waals surface area contributed by atoms with Gasteiger partial charge in [0.1, 0.15) is 17.1 Å². The minimum Gasteiger partial charge on any atom is -0.507 e. The number of aryl methyl sites for hydroxylation is 1. The minimum absolute atomic E-state index is 0.00721. The first kappa shape index (κ1) is 17.8. The molecule has 1 aromatic heterocycles. The first-order valence-electron chi connectivity index (χ1n) is 6.52. The van der Waals surface area contributed by atoms with E-state index in [1.807, 2.05) is 0 Å². The molecule has 2 rings (SSSR count). The molecule has 0 fully saturated rings. The van der Waals surface area contributed by atoms with Crippen molar-refractivity contribution in [3.8, 4) is 5.75 Å². The molecule has 4 nitrogen and oxygen atoms in total. The third kappa shape index (κ3) is 3.86. The highest BCUT2D eigenvalue weighted by molar-refractivity contribution is 6.32. The lowest BCUT2D eigenvalue weighted by Gasteiger charge is -2.08. The fourth-order valence-electron chi connectivity index (χ4n) is 1.92. The van der Waals surface area contributed by atoms with Gasteiger partial charge in [0, 0.05) is 11.1 Å². The van der Waals surface area contributed by atoms with Gasteiger partial charge in [0.05, 0.1) is 5.56 Å². The Morgan fingerprint density at radius 2 is 1.96 bits per heavy atom. The SMILES string of the molecule is Cc1cc(O)c(C(=O)/C=C/c2cc(C(F)(F)F)ccc2Cl)c(=O)o1. The van der Waals surface area contributed by atoms with Crippen LogP contribution in [0.2, 0.25) is 5.02 Å². The summed E-state index contributed by atoms with van der Waals surface area (Å²) in [5.74, 6) is -1.39. The zero-order valence-corrected chi connectivity index (χ0v) is 12.9. The number of hydrogen-bond donors (Lipinski definition) is 1. The van der Waals surface area contributed by atoms with Gasteiger partial charge in [-0.3, -0.25) is 4.79 Å². The van der Waals surface area contributed by atoms with Crippen molar-refractivity contribution < 1.29 is 27.5 Å². The standard InChI is InChI=1S/C16H10ClF3O4/c1-8-6-13(22)14(15(23)24-8)12(21)5-2-9-7-10(16(18,19)20)3-4-11(9)17/h2-7,22H,1H3/b5-2+. The molecule has 0 saturated carbocycles. The third-order valence-electron chi connectivity index (χ3n) is 3.04. The summed E-state index contributed by atoms with van der Waals surface area (Å²) < 4.78 is 42.8. The maximum Gasteiger partial charge on any atom is 0.416 e. The zero-order chi connectivity index (χ0) is 18.1. The van der Waals surface area contributed by atoms with E-state index >= 15 is 0 Å². The predicted octanol–water partition coefficient (Wildman–Crippen LogP) is 4.22. The molecule has 126 valence electrons. The minimum atomic E-state index is -4.56. The number of ketones is 1. The second-order valence-electron chi connectivity index (χ2n) is 4.84. The summed E-state index contributed by atoms with van der Waals surface area (Å²) >= 11 is 5.80. The number of alkyl halides is 3. The molecule has 0 bridgehead atoms. The quantitative estimate of drug-likeness (QED) is 0.659. The Hall–Kier alpha value is -2.54.